The molecule has 1 aromatic carbocycles. The lowest BCUT2D eigenvalue weighted by Gasteiger charge is -2.09. The van der Waals surface area contributed by atoms with E-state index in [0.29, 0.717) is 16.8 Å². The minimum atomic E-state index is -0.945. The van der Waals surface area contributed by atoms with E-state index in [-0.39, 0.29) is 5.56 Å². The Labute approximate surface area is 119 Å². The number of thiazole rings is 1. The predicted molar refractivity (Wildman–Crippen MR) is 79.3 cm³/mol. The number of hydrogen-bond donors (Lipinski definition) is 1. The summed E-state index contributed by atoms with van der Waals surface area (Å²) in [7, 11) is 0. The molecule has 0 fully saturated rings. The average molecular weight is 284 g/mol. The van der Waals surface area contributed by atoms with Gasteiger partial charge in [0.1, 0.15) is 0 Å². The zero-order chi connectivity index (χ0) is 14.3. The highest BCUT2D eigenvalue weighted by molar-refractivity contribution is 7.07. The molecule has 0 aliphatic rings. The van der Waals surface area contributed by atoms with Crippen LogP contribution in [0.4, 0.5) is 0 Å². The SMILES string of the molecule is Cc1cc(C)c2nc(-c3cscn3)cc(C(=O)O)c2c1. The van der Waals surface area contributed by atoms with Gasteiger partial charge in [-0.15, -0.1) is 11.3 Å². The van der Waals surface area contributed by atoms with Gasteiger partial charge in [-0.05, 0) is 31.5 Å². The fourth-order valence-corrected chi connectivity index (χ4v) is 2.87. The van der Waals surface area contributed by atoms with Gasteiger partial charge < -0.3 is 5.11 Å². The van der Waals surface area contributed by atoms with Crippen LogP contribution in [0.3, 0.4) is 0 Å². The number of nitrogens with zero attached hydrogens (tertiary/aromatic N) is 2. The Balaban J connectivity index is 2.40. The largest absolute Gasteiger partial charge is 0.478 e. The first-order valence-electron chi connectivity index (χ1n) is 6.10. The van der Waals surface area contributed by atoms with Crippen molar-refractivity contribution in [1.29, 1.82) is 0 Å². The molecule has 0 amide bonds. The van der Waals surface area contributed by atoms with Crippen LogP contribution in [0.25, 0.3) is 22.3 Å². The summed E-state index contributed by atoms with van der Waals surface area (Å²) in [4.78, 5) is 20.3. The summed E-state index contributed by atoms with van der Waals surface area (Å²) in [6.45, 7) is 3.89. The monoisotopic (exact) mass is 284 g/mol. The Kier molecular flexibility index (Phi) is 2.99. The molecule has 0 aliphatic heterocycles. The molecule has 0 saturated carbocycles. The first kappa shape index (κ1) is 12.7. The standard InChI is InChI=1S/C15H12N2O2S/c1-8-3-9(2)14-10(4-8)11(15(18)19)5-12(17-14)13-6-20-7-16-13/h3-7H,1-2H3,(H,18,19). The second-order valence-corrected chi connectivity index (χ2v) is 5.43. The van der Waals surface area contributed by atoms with Crippen molar-refractivity contribution in [2.45, 2.75) is 13.8 Å². The lowest BCUT2D eigenvalue weighted by molar-refractivity contribution is 0.0699. The fraction of sp³-hybridized carbons (Fsp3) is 0.133. The maximum Gasteiger partial charge on any atom is 0.336 e. The van der Waals surface area contributed by atoms with Crippen molar-refractivity contribution in [1.82, 2.24) is 9.97 Å². The van der Waals surface area contributed by atoms with Crippen LogP contribution >= 0.6 is 11.3 Å². The van der Waals surface area contributed by atoms with Crippen LogP contribution in [0.5, 0.6) is 0 Å². The normalized spacial score (nSPS) is 10.9. The minimum absolute atomic E-state index is 0.268. The summed E-state index contributed by atoms with van der Waals surface area (Å²) < 4.78 is 0. The molecule has 20 heavy (non-hydrogen) atoms. The number of pyridine rings is 1. The molecule has 100 valence electrons. The lowest BCUT2D eigenvalue weighted by atomic mass is 10.0. The number of aromatic nitrogens is 2. The highest BCUT2D eigenvalue weighted by Crippen LogP contribution is 2.27. The van der Waals surface area contributed by atoms with E-state index in [1.807, 2.05) is 31.4 Å². The van der Waals surface area contributed by atoms with Crippen molar-refractivity contribution in [2.75, 3.05) is 0 Å². The number of hydrogen-bond acceptors (Lipinski definition) is 4. The minimum Gasteiger partial charge on any atom is -0.478 e. The number of fused-ring (bicyclic) bond motifs is 1. The van der Waals surface area contributed by atoms with Crippen LogP contribution in [0.15, 0.2) is 29.1 Å². The summed E-state index contributed by atoms with van der Waals surface area (Å²) in [5.74, 6) is -0.945. The molecule has 5 heteroatoms. The van der Waals surface area contributed by atoms with Crippen LogP contribution in [0.1, 0.15) is 21.5 Å². The van der Waals surface area contributed by atoms with Gasteiger partial charge in [-0.25, -0.2) is 14.8 Å². The smallest absolute Gasteiger partial charge is 0.336 e. The molecule has 0 radical (unpaired) electrons. The van der Waals surface area contributed by atoms with E-state index in [4.69, 9.17) is 0 Å². The van der Waals surface area contributed by atoms with Gasteiger partial charge in [0.25, 0.3) is 0 Å². The Morgan fingerprint density at radius 1 is 1.20 bits per heavy atom. The van der Waals surface area contributed by atoms with E-state index < -0.39 is 5.97 Å². The quantitative estimate of drug-likeness (QED) is 0.779. The molecule has 0 saturated heterocycles. The number of rotatable bonds is 2. The molecule has 3 rings (SSSR count). The second kappa shape index (κ2) is 4.68. The molecule has 3 aromatic rings. The number of aryl methyl sites for hydroxylation is 2. The van der Waals surface area contributed by atoms with Gasteiger partial charge in [-0.1, -0.05) is 11.6 Å². The van der Waals surface area contributed by atoms with Crippen molar-refractivity contribution < 1.29 is 9.90 Å². The summed E-state index contributed by atoms with van der Waals surface area (Å²) in [6.07, 6.45) is 0. The van der Waals surface area contributed by atoms with Gasteiger partial charge in [-0.2, -0.15) is 0 Å². The van der Waals surface area contributed by atoms with E-state index in [9.17, 15) is 9.90 Å². The molecule has 2 heterocycles. The Morgan fingerprint density at radius 2 is 2.00 bits per heavy atom. The van der Waals surface area contributed by atoms with Gasteiger partial charge in [-0.3, -0.25) is 0 Å². The predicted octanol–water partition coefficient (Wildman–Crippen LogP) is 3.67. The van der Waals surface area contributed by atoms with Gasteiger partial charge in [0, 0.05) is 10.8 Å². The molecular formula is C15H12N2O2S. The van der Waals surface area contributed by atoms with E-state index >= 15 is 0 Å². The highest BCUT2D eigenvalue weighted by Gasteiger charge is 2.15. The van der Waals surface area contributed by atoms with Crippen molar-refractivity contribution in [3.63, 3.8) is 0 Å². The first-order chi connectivity index (χ1) is 9.56. The van der Waals surface area contributed by atoms with Crippen molar-refractivity contribution in [3.8, 4) is 11.4 Å². The van der Waals surface area contributed by atoms with Crippen LogP contribution in [0, 0.1) is 13.8 Å². The summed E-state index contributed by atoms with van der Waals surface area (Å²) in [5, 5.41) is 12.0. The van der Waals surface area contributed by atoms with Crippen LogP contribution < -0.4 is 0 Å². The molecule has 0 aliphatic carbocycles. The van der Waals surface area contributed by atoms with Crippen LogP contribution in [-0.2, 0) is 0 Å². The third-order valence-electron chi connectivity index (χ3n) is 3.17. The lowest BCUT2D eigenvalue weighted by Crippen LogP contribution is -2.01. The molecule has 0 spiro atoms. The number of aromatic carboxylic acids is 1. The topological polar surface area (TPSA) is 63.1 Å². The third-order valence-corrected chi connectivity index (χ3v) is 3.76. The maximum absolute atomic E-state index is 11.5. The molecule has 4 nitrogen and oxygen atoms in total. The van der Waals surface area contributed by atoms with Crippen molar-refractivity contribution in [3.05, 3.63) is 45.8 Å². The Hall–Kier alpha value is -2.27. The number of carbonyl (C=O) groups is 1. The van der Waals surface area contributed by atoms with E-state index in [1.54, 1.807) is 11.6 Å². The van der Waals surface area contributed by atoms with Crippen LogP contribution in [0.2, 0.25) is 0 Å². The molecule has 0 unspecified atom stereocenters. The highest BCUT2D eigenvalue weighted by atomic mass is 32.1. The fourth-order valence-electron chi connectivity index (χ4n) is 2.33. The number of carboxylic acids is 1. The molecule has 0 atom stereocenters. The number of benzene rings is 1. The van der Waals surface area contributed by atoms with Crippen LogP contribution in [-0.4, -0.2) is 21.0 Å². The van der Waals surface area contributed by atoms with E-state index in [0.717, 1.165) is 16.6 Å². The first-order valence-corrected chi connectivity index (χ1v) is 7.04. The zero-order valence-electron chi connectivity index (χ0n) is 11.0. The zero-order valence-corrected chi connectivity index (χ0v) is 11.9. The summed E-state index contributed by atoms with van der Waals surface area (Å²) in [6, 6.07) is 5.47. The molecule has 2 aromatic heterocycles. The van der Waals surface area contributed by atoms with Gasteiger partial charge in [0.15, 0.2) is 0 Å². The molecular weight excluding hydrogens is 272 g/mol. The van der Waals surface area contributed by atoms with Crippen molar-refractivity contribution in [2.24, 2.45) is 0 Å². The van der Waals surface area contributed by atoms with Gasteiger partial charge in [0.2, 0.25) is 0 Å². The maximum atomic E-state index is 11.5. The molecule has 1 N–H and O–H groups in total. The Morgan fingerprint density at radius 3 is 2.65 bits per heavy atom. The van der Waals surface area contributed by atoms with Crippen molar-refractivity contribution >= 4 is 28.2 Å². The molecule has 0 bridgehead atoms. The Bertz CT molecular complexity index is 810. The second-order valence-electron chi connectivity index (χ2n) is 4.71. The van der Waals surface area contributed by atoms with Gasteiger partial charge >= 0.3 is 5.97 Å². The van der Waals surface area contributed by atoms with E-state index in [1.165, 1.54) is 11.3 Å². The third kappa shape index (κ3) is 2.06. The summed E-state index contributed by atoms with van der Waals surface area (Å²) >= 11 is 1.46. The summed E-state index contributed by atoms with van der Waals surface area (Å²) in [5.41, 5.74) is 6.01. The average Bonchev–Trinajstić information content (AvgIpc) is 2.91. The van der Waals surface area contributed by atoms with E-state index in [2.05, 4.69) is 9.97 Å². The van der Waals surface area contributed by atoms with Gasteiger partial charge in [0.05, 0.1) is 28.0 Å². The number of carboxylic acid groups (broad SMARTS) is 1.